The summed E-state index contributed by atoms with van der Waals surface area (Å²) in [6.07, 6.45) is -3.56. The number of alkyl halides is 3. The zero-order valence-electron chi connectivity index (χ0n) is 12.3. The van der Waals surface area contributed by atoms with Gasteiger partial charge in [0.05, 0.1) is 17.6 Å². The van der Waals surface area contributed by atoms with Crippen molar-refractivity contribution in [2.75, 3.05) is 13.1 Å². The molecule has 1 fully saturated rings. The molecule has 3 aromatic rings. The Bertz CT molecular complexity index is 928. The molecule has 0 bridgehead atoms. The maximum atomic E-state index is 13.8. The molecular weight excluding hydrogens is 328 g/mol. The molecule has 24 heavy (non-hydrogen) atoms. The van der Waals surface area contributed by atoms with Crippen LogP contribution in [0.5, 0.6) is 0 Å². The molecule has 2 aromatic heterocycles. The van der Waals surface area contributed by atoms with Gasteiger partial charge in [0.25, 0.3) is 0 Å². The summed E-state index contributed by atoms with van der Waals surface area (Å²) in [4.78, 5) is 10.3. The first-order valence-corrected chi connectivity index (χ1v) is 7.20. The molecule has 126 valence electrons. The van der Waals surface area contributed by atoms with E-state index in [-0.39, 0.29) is 22.6 Å². The Morgan fingerprint density at radius 1 is 1.25 bits per heavy atom. The number of nitrogens with two attached hydrogens (primary N) is 1. The van der Waals surface area contributed by atoms with Crippen LogP contribution >= 0.6 is 0 Å². The molecule has 6 nitrogen and oxygen atoms in total. The minimum absolute atomic E-state index is 0.100. The molecule has 0 saturated carbocycles. The predicted octanol–water partition coefficient (Wildman–Crippen LogP) is 1.58. The van der Waals surface area contributed by atoms with Crippen molar-refractivity contribution in [2.24, 2.45) is 5.73 Å². The summed E-state index contributed by atoms with van der Waals surface area (Å²) >= 11 is 0. The molecular formula is C14H12F4N6. The van der Waals surface area contributed by atoms with Gasteiger partial charge in [0.15, 0.2) is 5.65 Å². The molecule has 1 saturated heterocycles. The fourth-order valence-corrected chi connectivity index (χ4v) is 2.89. The van der Waals surface area contributed by atoms with Gasteiger partial charge in [-0.2, -0.15) is 22.8 Å². The number of hydrogen-bond donors (Lipinski definition) is 1. The van der Waals surface area contributed by atoms with Crippen LogP contribution in [-0.4, -0.2) is 43.6 Å². The van der Waals surface area contributed by atoms with Gasteiger partial charge >= 0.3 is 6.18 Å². The van der Waals surface area contributed by atoms with Crippen LogP contribution in [0.25, 0.3) is 16.6 Å². The van der Waals surface area contributed by atoms with Crippen LogP contribution in [-0.2, 0) is 12.7 Å². The van der Waals surface area contributed by atoms with Crippen molar-refractivity contribution in [3.63, 3.8) is 0 Å². The smallest absolute Gasteiger partial charge is 0.325 e. The minimum Gasteiger partial charge on any atom is -0.325 e. The Hall–Kier alpha value is -2.33. The monoisotopic (exact) mass is 340 g/mol. The summed E-state index contributed by atoms with van der Waals surface area (Å²) in [7, 11) is 0. The lowest BCUT2D eigenvalue weighted by molar-refractivity contribution is -0.139. The highest BCUT2D eigenvalue weighted by atomic mass is 19.4. The Morgan fingerprint density at radius 2 is 2.00 bits per heavy atom. The number of hydrogen-bond acceptors (Lipinski definition) is 5. The summed E-state index contributed by atoms with van der Waals surface area (Å²) in [6, 6.07) is 1.62. The van der Waals surface area contributed by atoms with E-state index in [9.17, 15) is 17.6 Å². The van der Waals surface area contributed by atoms with E-state index in [1.54, 1.807) is 0 Å². The van der Waals surface area contributed by atoms with Gasteiger partial charge in [0.2, 0.25) is 0 Å². The molecule has 0 amide bonds. The standard InChI is InChI=1S/C14H12F4N6/c15-10-2-11-8(1-9(10)14(16,17)18)13-20-6-21-24(13)12(22-11)5-23-3-7(19)4-23/h1-2,6-7H,3-5,19H2. The van der Waals surface area contributed by atoms with Gasteiger partial charge in [0, 0.05) is 30.6 Å². The normalized spacial score (nSPS) is 16.9. The van der Waals surface area contributed by atoms with Crippen LogP contribution in [0.4, 0.5) is 17.6 Å². The van der Waals surface area contributed by atoms with Crippen molar-refractivity contribution < 1.29 is 17.6 Å². The second-order valence-electron chi connectivity index (χ2n) is 5.82. The van der Waals surface area contributed by atoms with Crippen molar-refractivity contribution in [2.45, 2.75) is 18.8 Å². The Balaban J connectivity index is 1.88. The van der Waals surface area contributed by atoms with Crippen LogP contribution in [0, 0.1) is 5.82 Å². The average molecular weight is 340 g/mol. The molecule has 10 heteroatoms. The van der Waals surface area contributed by atoms with E-state index < -0.39 is 17.6 Å². The average Bonchev–Trinajstić information content (AvgIpc) is 2.93. The van der Waals surface area contributed by atoms with E-state index in [1.807, 2.05) is 4.90 Å². The highest BCUT2D eigenvalue weighted by molar-refractivity contribution is 5.91. The molecule has 0 radical (unpaired) electrons. The van der Waals surface area contributed by atoms with Crippen LogP contribution < -0.4 is 5.73 Å². The Labute approximate surface area is 132 Å². The number of fused-ring (bicyclic) bond motifs is 3. The number of likely N-dealkylation sites (tertiary alicyclic amines) is 1. The second kappa shape index (κ2) is 5.08. The molecule has 0 spiro atoms. The van der Waals surface area contributed by atoms with E-state index in [0.29, 0.717) is 25.5 Å². The lowest BCUT2D eigenvalue weighted by Crippen LogP contribution is -2.55. The predicted molar refractivity (Wildman–Crippen MR) is 76.5 cm³/mol. The summed E-state index contributed by atoms with van der Waals surface area (Å²) in [5.74, 6) is -0.885. The molecule has 4 rings (SSSR count). The third-order valence-electron chi connectivity index (χ3n) is 4.02. The van der Waals surface area contributed by atoms with Gasteiger partial charge in [-0.15, -0.1) is 0 Å². The molecule has 1 aliphatic heterocycles. The molecule has 0 aliphatic carbocycles. The van der Waals surface area contributed by atoms with Crippen molar-refractivity contribution >= 4 is 16.6 Å². The summed E-state index contributed by atoms with van der Waals surface area (Å²) in [5.41, 5.74) is 4.71. The summed E-state index contributed by atoms with van der Waals surface area (Å²) in [6.45, 7) is 1.79. The number of nitrogens with zero attached hydrogens (tertiary/aromatic N) is 5. The number of halogens is 4. The lowest BCUT2D eigenvalue weighted by Gasteiger charge is -2.36. The van der Waals surface area contributed by atoms with Gasteiger partial charge in [-0.05, 0) is 6.07 Å². The molecule has 0 unspecified atom stereocenters. The number of benzene rings is 1. The van der Waals surface area contributed by atoms with Crippen LogP contribution in [0.1, 0.15) is 11.4 Å². The number of aromatic nitrogens is 4. The number of rotatable bonds is 2. The first-order valence-electron chi connectivity index (χ1n) is 7.20. The zero-order chi connectivity index (χ0) is 17.1. The molecule has 3 heterocycles. The van der Waals surface area contributed by atoms with Gasteiger partial charge in [-0.1, -0.05) is 0 Å². The quantitative estimate of drug-likeness (QED) is 0.717. The van der Waals surface area contributed by atoms with E-state index in [0.717, 1.165) is 12.1 Å². The van der Waals surface area contributed by atoms with Crippen LogP contribution in [0.15, 0.2) is 18.5 Å². The maximum Gasteiger partial charge on any atom is 0.419 e. The fourth-order valence-electron chi connectivity index (χ4n) is 2.89. The van der Waals surface area contributed by atoms with E-state index in [4.69, 9.17) is 5.73 Å². The Kier molecular flexibility index (Phi) is 3.22. The highest BCUT2D eigenvalue weighted by Gasteiger charge is 2.35. The van der Waals surface area contributed by atoms with Crippen molar-refractivity contribution in [3.05, 3.63) is 35.7 Å². The fraction of sp³-hybridized carbons (Fsp3) is 0.357. The highest BCUT2D eigenvalue weighted by Crippen LogP contribution is 2.34. The minimum atomic E-state index is -4.79. The van der Waals surface area contributed by atoms with Gasteiger partial charge in [0.1, 0.15) is 18.0 Å². The molecule has 1 aliphatic rings. The topological polar surface area (TPSA) is 72.3 Å². The van der Waals surface area contributed by atoms with Gasteiger partial charge < -0.3 is 5.73 Å². The Morgan fingerprint density at radius 3 is 2.67 bits per heavy atom. The van der Waals surface area contributed by atoms with Crippen LogP contribution in [0.2, 0.25) is 0 Å². The summed E-state index contributed by atoms with van der Waals surface area (Å²) < 4.78 is 54.0. The molecule has 2 N–H and O–H groups in total. The second-order valence-corrected chi connectivity index (χ2v) is 5.82. The zero-order valence-corrected chi connectivity index (χ0v) is 12.3. The lowest BCUT2D eigenvalue weighted by atomic mass is 10.1. The largest absolute Gasteiger partial charge is 0.419 e. The third kappa shape index (κ3) is 2.38. The van der Waals surface area contributed by atoms with Gasteiger partial charge in [-0.25, -0.2) is 14.4 Å². The first kappa shape index (κ1) is 15.2. The van der Waals surface area contributed by atoms with Gasteiger partial charge in [-0.3, -0.25) is 4.90 Å². The maximum absolute atomic E-state index is 13.8. The summed E-state index contributed by atoms with van der Waals surface area (Å²) in [5, 5.41) is 4.13. The molecule has 0 atom stereocenters. The van der Waals surface area contributed by atoms with Crippen LogP contribution in [0.3, 0.4) is 0 Å². The van der Waals surface area contributed by atoms with E-state index in [2.05, 4.69) is 15.1 Å². The van der Waals surface area contributed by atoms with Crippen molar-refractivity contribution in [1.29, 1.82) is 0 Å². The third-order valence-corrected chi connectivity index (χ3v) is 4.02. The van der Waals surface area contributed by atoms with E-state index in [1.165, 1.54) is 10.8 Å². The molecule has 1 aromatic carbocycles. The van der Waals surface area contributed by atoms with Crippen molar-refractivity contribution in [3.8, 4) is 0 Å². The first-order chi connectivity index (χ1) is 11.3. The SMILES string of the molecule is NC1CN(Cc2nc3cc(F)c(C(F)(F)F)cc3c3ncnn23)C1. The van der Waals surface area contributed by atoms with E-state index >= 15 is 0 Å². The van der Waals surface area contributed by atoms with Crippen molar-refractivity contribution in [1.82, 2.24) is 24.5 Å².